The average Bonchev–Trinajstić information content (AvgIpc) is 3.17. The van der Waals surface area contributed by atoms with Crippen molar-refractivity contribution in [1.82, 2.24) is 9.88 Å². The van der Waals surface area contributed by atoms with Crippen molar-refractivity contribution in [3.63, 3.8) is 0 Å². The monoisotopic (exact) mass is 404 g/mol. The number of hydrogen-bond acceptors (Lipinski definition) is 6. The second-order valence-corrected chi connectivity index (χ2v) is 9.59. The average molecular weight is 405 g/mol. The normalized spacial score (nSPS) is 24.3. The van der Waals surface area contributed by atoms with Gasteiger partial charge >= 0.3 is 6.09 Å². The fourth-order valence-electron chi connectivity index (χ4n) is 4.37. The van der Waals surface area contributed by atoms with Crippen LogP contribution in [0.3, 0.4) is 0 Å². The lowest BCUT2D eigenvalue weighted by atomic mass is 9.96. The van der Waals surface area contributed by atoms with Gasteiger partial charge in [-0.3, -0.25) is 9.88 Å². The fourth-order valence-corrected chi connectivity index (χ4v) is 4.37. The van der Waals surface area contributed by atoms with Crippen LogP contribution in [0.1, 0.15) is 68.8 Å². The van der Waals surface area contributed by atoms with Crippen molar-refractivity contribution in [2.45, 2.75) is 84.8 Å². The minimum atomic E-state index is -1.02. The van der Waals surface area contributed by atoms with Gasteiger partial charge in [0.1, 0.15) is 23.7 Å². The van der Waals surface area contributed by atoms with Crippen molar-refractivity contribution < 1.29 is 24.2 Å². The van der Waals surface area contributed by atoms with Crippen LogP contribution in [-0.4, -0.2) is 51.3 Å². The van der Waals surface area contributed by atoms with Crippen LogP contribution in [0.4, 0.5) is 4.79 Å². The van der Waals surface area contributed by atoms with Crippen LogP contribution in [-0.2, 0) is 27.1 Å². The summed E-state index contributed by atoms with van der Waals surface area (Å²) in [7, 11) is 0. The lowest BCUT2D eigenvalue weighted by Gasteiger charge is -2.36. The number of amides is 1. The number of carbonyl (C=O) groups is 2. The Labute approximate surface area is 172 Å². The van der Waals surface area contributed by atoms with Gasteiger partial charge in [0, 0.05) is 11.6 Å². The van der Waals surface area contributed by atoms with E-state index in [1.807, 2.05) is 13.8 Å². The number of nitrogens with zero attached hydrogens (tertiary/aromatic N) is 2. The van der Waals surface area contributed by atoms with Gasteiger partial charge in [0.15, 0.2) is 0 Å². The van der Waals surface area contributed by atoms with Crippen LogP contribution in [0.25, 0.3) is 0 Å². The third-order valence-electron chi connectivity index (χ3n) is 5.81. The molecule has 7 heteroatoms. The number of carbonyl (C=O) groups excluding carboxylic acids is 2. The quantitative estimate of drug-likeness (QED) is 0.779. The largest absolute Gasteiger partial charge is 0.444 e. The van der Waals surface area contributed by atoms with E-state index in [0.717, 1.165) is 28.7 Å². The molecule has 1 aliphatic heterocycles. The number of hydrogen-bond donors (Lipinski definition) is 1. The molecule has 0 aromatic carbocycles. The van der Waals surface area contributed by atoms with Gasteiger partial charge in [0.05, 0.1) is 18.3 Å². The molecule has 1 N–H and O–H groups in total. The topological polar surface area (TPSA) is 89.0 Å². The van der Waals surface area contributed by atoms with E-state index in [0.29, 0.717) is 18.5 Å². The number of rotatable bonds is 3. The second kappa shape index (κ2) is 7.36. The standard InChI is InChI=1S/C22H32N2O5/c1-12-15-8-14(10-25)9-16(15)13(2)23-18(12)19(26)17-11-28-22(6,7)24(17)20(27)29-21(3,4)5/h10,14,17,19,26H,8-9,11H2,1-7H3/t14?,17-,19?/m1/s1. The van der Waals surface area contributed by atoms with Crippen molar-refractivity contribution >= 4 is 12.4 Å². The van der Waals surface area contributed by atoms with Crippen molar-refractivity contribution in [2.75, 3.05) is 6.61 Å². The zero-order valence-electron chi connectivity index (χ0n) is 18.4. The summed E-state index contributed by atoms with van der Waals surface area (Å²) >= 11 is 0. The predicted molar refractivity (Wildman–Crippen MR) is 108 cm³/mol. The molecule has 7 nitrogen and oxygen atoms in total. The molecule has 0 spiro atoms. The van der Waals surface area contributed by atoms with E-state index >= 15 is 0 Å². The number of aliphatic hydroxyl groups is 1. The molecule has 2 unspecified atom stereocenters. The van der Waals surface area contributed by atoms with Gasteiger partial charge in [-0.05, 0) is 78.0 Å². The molecule has 1 saturated heterocycles. The first-order valence-electron chi connectivity index (χ1n) is 10.1. The zero-order valence-corrected chi connectivity index (χ0v) is 18.4. The molecule has 0 radical (unpaired) electrons. The van der Waals surface area contributed by atoms with E-state index in [4.69, 9.17) is 9.47 Å². The zero-order chi connectivity index (χ0) is 21.7. The van der Waals surface area contributed by atoms with Crippen LogP contribution in [0, 0.1) is 19.8 Å². The van der Waals surface area contributed by atoms with Crippen molar-refractivity contribution in [3.8, 4) is 0 Å². The Bertz CT molecular complexity index is 827. The van der Waals surface area contributed by atoms with Crippen LogP contribution in [0.15, 0.2) is 0 Å². The highest BCUT2D eigenvalue weighted by atomic mass is 16.6. The smallest absolute Gasteiger partial charge is 0.413 e. The third kappa shape index (κ3) is 4.03. The molecule has 2 heterocycles. The summed E-state index contributed by atoms with van der Waals surface area (Å²) < 4.78 is 11.4. The van der Waals surface area contributed by atoms with Crippen molar-refractivity contribution in [3.05, 3.63) is 28.1 Å². The maximum Gasteiger partial charge on any atom is 0.413 e. The van der Waals surface area contributed by atoms with Crippen LogP contribution in [0.5, 0.6) is 0 Å². The van der Waals surface area contributed by atoms with Crippen LogP contribution < -0.4 is 0 Å². The molecule has 1 aromatic rings. The van der Waals surface area contributed by atoms with E-state index in [1.165, 1.54) is 4.90 Å². The van der Waals surface area contributed by atoms with Gasteiger partial charge in [0.25, 0.3) is 0 Å². The first kappa shape index (κ1) is 21.7. The molecule has 1 fully saturated rings. The molecule has 0 bridgehead atoms. The van der Waals surface area contributed by atoms with Gasteiger partial charge < -0.3 is 19.4 Å². The Balaban J connectivity index is 1.95. The molecule has 1 amide bonds. The first-order chi connectivity index (χ1) is 13.4. The summed E-state index contributed by atoms with van der Waals surface area (Å²) in [5.41, 5.74) is 2.87. The van der Waals surface area contributed by atoms with Crippen molar-refractivity contribution in [1.29, 1.82) is 0 Å². The fraction of sp³-hybridized carbons (Fsp3) is 0.682. The van der Waals surface area contributed by atoms with E-state index in [1.54, 1.807) is 34.6 Å². The first-order valence-corrected chi connectivity index (χ1v) is 10.1. The Morgan fingerprint density at radius 3 is 2.52 bits per heavy atom. The van der Waals surface area contributed by atoms with Gasteiger partial charge in [-0.25, -0.2) is 4.79 Å². The number of fused-ring (bicyclic) bond motifs is 1. The summed E-state index contributed by atoms with van der Waals surface area (Å²) in [6.07, 6.45) is 0.797. The Kier molecular flexibility index (Phi) is 5.51. The minimum absolute atomic E-state index is 0.0383. The molecular weight excluding hydrogens is 372 g/mol. The van der Waals surface area contributed by atoms with Gasteiger partial charge in [-0.15, -0.1) is 0 Å². The summed E-state index contributed by atoms with van der Waals surface area (Å²) in [5.74, 6) is -0.0383. The maximum absolute atomic E-state index is 12.9. The van der Waals surface area contributed by atoms with E-state index in [9.17, 15) is 14.7 Å². The summed E-state index contributed by atoms with van der Waals surface area (Å²) in [5, 5.41) is 11.3. The second-order valence-electron chi connectivity index (χ2n) is 9.59. The Morgan fingerprint density at radius 2 is 1.93 bits per heavy atom. The lowest BCUT2D eigenvalue weighted by Crippen LogP contribution is -2.51. The highest BCUT2D eigenvalue weighted by Crippen LogP contribution is 2.38. The summed E-state index contributed by atoms with van der Waals surface area (Å²) in [4.78, 5) is 30.3. The highest BCUT2D eigenvalue weighted by Gasteiger charge is 2.49. The van der Waals surface area contributed by atoms with Gasteiger partial charge in [-0.1, -0.05) is 0 Å². The predicted octanol–water partition coefficient (Wildman–Crippen LogP) is 3.02. The lowest BCUT2D eigenvalue weighted by molar-refractivity contribution is -0.110. The minimum Gasteiger partial charge on any atom is -0.444 e. The van der Waals surface area contributed by atoms with E-state index in [-0.39, 0.29) is 12.5 Å². The molecule has 3 rings (SSSR count). The highest BCUT2D eigenvalue weighted by molar-refractivity contribution is 5.70. The number of aliphatic hydroxyl groups excluding tert-OH is 1. The molecule has 1 aromatic heterocycles. The van der Waals surface area contributed by atoms with Gasteiger partial charge in [-0.2, -0.15) is 0 Å². The number of aryl methyl sites for hydroxylation is 1. The van der Waals surface area contributed by atoms with Gasteiger partial charge in [0.2, 0.25) is 0 Å². The molecular formula is C22H32N2O5. The van der Waals surface area contributed by atoms with Crippen molar-refractivity contribution in [2.24, 2.45) is 5.92 Å². The molecule has 1 aliphatic carbocycles. The number of aromatic nitrogens is 1. The van der Waals surface area contributed by atoms with Crippen LogP contribution in [0.2, 0.25) is 0 Å². The Hall–Kier alpha value is -1.99. The van der Waals surface area contributed by atoms with E-state index < -0.39 is 29.6 Å². The maximum atomic E-state index is 12.9. The molecule has 3 atom stereocenters. The number of aldehydes is 1. The summed E-state index contributed by atoms with van der Waals surface area (Å²) in [6, 6.07) is -0.619. The Morgan fingerprint density at radius 1 is 1.31 bits per heavy atom. The number of pyridine rings is 1. The molecule has 0 saturated carbocycles. The number of ether oxygens (including phenoxy) is 2. The third-order valence-corrected chi connectivity index (χ3v) is 5.81. The molecule has 29 heavy (non-hydrogen) atoms. The van der Waals surface area contributed by atoms with E-state index in [2.05, 4.69) is 4.98 Å². The SMILES string of the molecule is Cc1nc(C(O)[C@H]2COC(C)(C)N2C(=O)OC(C)(C)C)c(C)c2c1CC(C=O)C2. The van der Waals surface area contributed by atoms with Crippen LogP contribution >= 0.6 is 0 Å². The summed E-state index contributed by atoms with van der Waals surface area (Å²) in [6.45, 7) is 13.0. The molecule has 160 valence electrons. The molecule has 2 aliphatic rings.